The molecule has 1 aromatic heterocycles. The van der Waals surface area contributed by atoms with Gasteiger partial charge in [0.2, 0.25) is 0 Å². The van der Waals surface area contributed by atoms with Crippen molar-refractivity contribution in [2.75, 3.05) is 12.3 Å². The second-order valence-corrected chi connectivity index (χ2v) is 6.28. The van der Waals surface area contributed by atoms with Crippen molar-refractivity contribution in [2.45, 2.75) is 36.9 Å². The van der Waals surface area contributed by atoms with Gasteiger partial charge in [0.15, 0.2) is 5.03 Å². The summed E-state index contributed by atoms with van der Waals surface area (Å²) in [7, 11) is -3.73. The summed E-state index contributed by atoms with van der Waals surface area (Å²) in [5, 5.41) is -0.134. The Morgan fingerprint density at radius 2 is 2.33 bits per heavy atom. The van der Waals surface area contributed by atoms with Gasteiger partial charge < -0.3 is 10.5 Å². The normalized spacial score (nSPS) is 28.4. The van der Waals surface area contributed by atoms with Gasteiger partial charge in [-0.3, -0.25) is 0 Å². The molecule has 7 heteroatoms. The first-order valence-corrected chi connectivity index (χ1v) is 7.19. The van der Waals surface area contributed by atoms with Gasteiger partial charge in [0.05, 0.1) is 17.3 Å². The summed E-state index contributed by atoms with van der Waals surface area (Å²) >= 11 is 0. The van der Waals surface area contributed by atoms with Gasteiger partial charge in [-0.2, -0.15) is 0 Å². The van der Waals surface area contributed by atoms with Crippen molar-refractivity contribution >= 4 is 15.7 Å². The Morgan fingerprint density at radius 1 is 1.61 bits per heavy atom. The van der Waals surface area contributed by atoms with Crippen LogP contribution in [0, 0.1) is 0 Å². The van der Waals surface area contributed by atoms with E-state index in [0.717, 1.165) is 0 Å². The summed E-state index contributed by atoms with van der Waals surface area (Å²) in [4.78, 5) is 3.83. The van der Waals surface area contributed by atoms with E-state index in [9.17, 15) is 8.42 Å². The van der Waals surface area contributed by atoms with Crippen molar-refractivity contribution in [3.8, 4) is 0 Å². The van der Waals surface area contributed by atoms with Gasteiger partial charge in [0.1, 0.15) is 0 Å². The highest BCUT2D eigenvalue weighted by Crippen LogP contribution is 2.27. The molecule has 0 saturated carbocycles. The van der Waals surface area contributed by atoms with E-state index in [1.165, 1.54) is 12.3 Å². The lowest BCUT2D eigenvalue weighted by atomic mass is 9.97. The number of aromatic nitrogens is 1. The van der Waals surface area contributed by atoms with Crippen molar-refractivity contribution in [1.82, 2.24) is 9.71 Å². The minimum absolute atomic E-state index is 0.134. The Hall–Kier alpha value is -1.18. The first-order valence-electron chi connectivity index (χ1n) is 5.71. The van der Waals surface area contributed by atoms with Crippen LogP contribution in [0.3, 0.4) is 0 Å². The number of ether oxygens (including phenoxy) is 1. The molecule has 0 amide bonds. The van der Waals surface area contributed by atoms with Gasteiger partial charge in [-0.1, -0.05) is 0 Å². The molecule has 0 bridgehead atoms. The lowest BCUT2D eigenvalue weighted by Crippen LogP contribution is -2.50. The van der Waals surface area contributed by atoms with Crippen LogP contribution in [0.2, 0.25) is 0 Å². The smallest absolute Gasteiger partial charge is 0.260 e. The molecule has 2 heterocycles. The van der Waals surface area contributed by atoms with E-state index >= 15 is 0 Å². The monoisotopic (exact) mass is 271 g/mol. The van der Waals surface area contributed by atoms with Crippen molar-refractivity contribution in [1.29, 1.82) is 0 Å². The first-order chi connectivity index (χ1) is 8.35. The van der Waals surface area contributed by atoms with Crippen LogP contribution in [0.5, 0.6) is 0 Å². The van der Waals surface area contributed by atoms with Crippen molar-refractivity contribution in [3.63, 3.8) is 0 Å². The van der Waals surface area contributed by atoms with E-state index in [-0.39, 0.29) is 16.8 Å². The van der Waals surface area contributed by atoms with Gasteiger partial charge in [0, 0.05) is 12.8 Å². The van der Waals surface area contributed by atoms with Crippen LogP contribution in [0.15, 0.2) is 23.4 Å². The van der Waals surface area contributed by atoms with Crippen LogP contribution in [0.1, 0.15) is 20.3 Å². The molecule has 100 valence electrons. The molecule has 2 atom stereocenters. The third-order valence-corrected chi connectivity index (χ3v) is 4.89. The molecule has 3 N–H and O–H groups in total. The van der Waals surface area contributed by atoms with Crippen molar-refractivity contribution in [2.24, 2.45) is 0 Å². The largest absolute Gasteiger partial charge is 0.396 e. The Labute approximate surface area is 107 Å². The molecule has 1 aromatic rings. The zero-order chi connectivity index (χ0) is 13.4. The van der Waals surface area contributed by atoms with E-state index in [1.807, 2.05) is 13.8 Å². The predicted octanol–water partition coefficient (Wildman–Crippen LogP) is 0.510. The highest BCUT2D eigenvalue weighted by atomic mass is 32.2. The number of hydrogen-bond donors (Lipinski definition) is 2. The summed E-state index contributed by atoms with van der Waals surface area (Å²) < 4.78 is 32.5. The maximum atomic E-state index is 12.3. The second kappa shape index (κ2) is 4.49. The SMILES string of the molecule is CC1OCCC1(C)NS(=O)(=O)c1ncccc1N. The number of hydrogen-bond acceptors (Lipinski definition) is 5. The lowest BCUT2D eigenvalue weighted by Gasteiger charge is -2.28. The number of nitrogens with one attached hydrogen (secondary N) is 1. The molecule has 1 aliphatic heterocycles. The lowest BCUT2D eigenvalue weighted by molar-refractivity contribution is 0.0957. The second-order valence-electron chi connectivity index (χ2n) is 4.68. The van der Waals surface area contributed by atoms with Gasteiger partial charge in [-0.15, -0.1) is 0 Å². The quantitative estimate of drug-likeness (QED) is 0.835. The summed E-state index contributed by atoms with van der Waals surface area (Å²) in [6.45, 7) is 4.20. The molecular weight excluding hydrogens is 254 g/mol. The summed E-state index contributed by atoms with van der Waals surface area (Å²) in [5.41, 5.74) is 5.16. The average Bonchev–Trinajstić information content (AvgIpc) is 2.58. The van der Waals surface area contributed by atoms with Gasteiger partial charge >= 0.3 is 0 Å². The van der Waals surface area contributed by atoms with Gasteiger partial charge in [-0.05, 0) is 32.4 Å². The minimum atomic E-state index is -3.73. The van der Waals surface area contributed by atoms with Crippen LogP contribution in [-0.2, 0) is 14.8 Å². The molecule has 2 rings (SSSR count). The molecule has 0 aliphatic carbocycles. The fraction of sp³-hybridized carbons (Fsp3) is 0.545. The molecule has 1 saturated heterocycles. The van der Waals surface area contributed by atoms with Gasteiger partial charge in [0.25, 0.3) is 10.0 Å². The van der Waals surface area contributed by atoms with E-state index < -0.39 is 15.6 Å². The van der Waals surface area contributed by atoms with Crippen LogP contribution in [0.4, 0.5) is 5.69 Å². The Morgan fingerprint density at radius 3 is 2.89 bits per heavy atom. The van der Waals surface area contributed by atoms with Crippen LogP contribution in [0.25, 0.3) is 0 Å². The zero-order valence-corrected chi connectivity index (χ0v) is 11.2. The van der Waals surface area contributed by atoms with Crippen LogP contribution < -0.4 is 10.5 Å². The highest BCUT2D eigenvalue weighted by molar-refractivity contribution is 7.89. The maximum Gasteiger partial charge on any atom is 0.260 e. The molecule has 18 heavy (non-hydrogen) atoms. The van der Waals surface area contributed by atoms with E-state index in [4.69, 9.17) is 10.5 Å². The van der Waals surface area contributed by atoms with E-state index in [2.05, 4.69) is 9.71 Å². The standard InChI is InChI=1S/C11H17N3O3S/c1-8-11(2,5-7-17-8)14-18(15,16)10-9(12)4-3-6-13-10/h3-4,6,8,14H,5,7,12H2,1-2H3. The first kappa shape index (κ1) is 13.3. The minimum Gasteiger partial charge on any atom is -0.396 e. The highest BCUT2D eigenvalue weighted by Gasteiger charge is 2.41. The number of nitrogens with zero attached hydrogens (tertiary/aromatic N) is 1. The predicted molar refractivity (Wildman–Crippen MR) is 67.4 cm³/mol. The summed E-state index contributed by atoms with van der Waals surface area (Å²) in [6, 6.07) is 3.11. The number of pyridine rings is 1. The Bertz CT molecular complexity index is 546. The number of nitrogen functional groups attached to an aromatic ring is 1. The van der Waals surface area contributed by atoms with Crippen LogP contribution >= 0.6 is 0 Å². The topological polar surface area (TPSA) is 94.3 Å². The molecule has 0 aromatic carbocycles. The number of sulfonamides is 1. The third-order valence-electron chi connectivity index (χ3n) is 3.31. The van der Waals surface area contributed by atoms with Crippen molar-refractivity contribution < 1.29 is 13.2 Å². The number of nitrogens with two attached hydrogens (primary N) is 1. The fourth-order valence-corrected chi connectivity index (χ4v) is 3.51. The van der Waals surface area contributed by atoms with E-state index in [0.29, 0.717) is 13.0 Å². The van der Waals surface area contributed by atoms with Crippen LogP contribution in [-0.4, -0.2) is 31.7 Å². The summed E-state index contributed by atoms with van der Waals surface area (Å²) in [6.07, 6.45) is 1.85. The fourth-order valence-electron chi connectivity index (χ4n) is 1.95. The summed E-state index contributed by atoms with van der Waals surface area (Å²) in [5.74, 6) is 0. The number of anilines is 1. The van der Waals surface area contributed by atoms with Gasteiger partial charge in [-0.25, -0.2) is 18.1 Å². The number of rotatable bonds is 3. The van der Waals surface area contributed by atoms with Crippen molar-refractivity contribution in [3.05, 3.63) is 18.3 Å². The molecule has 1 fully saturated rings. The molecule has 1 aliphatic rings. The van der Waals surface area contributed by atoms with E-state index in [1.54, 1.807) is 6.07 Å². The molecule has 0 radical (unpaired) electrons. The average molecular weight is 271 g/mol. The Kier molecular flexibility index (Phi) is 3.31. The molecular formula is C11H17N3O3S. The third kappa shape index (κ3) is 2.33. The molecule has 2 unspecified atom stereocenters. The Balaban J connectivity index is 2.31. The zero-order valence-electron chi connectivity index (χ0n) is 10.4. The maximum absolute atomic E-state index is 12.3. The molecule has 0 spiro atoms. The molecule has 6 nitrogen and oxygen atoms in total.